The predicted octanol–water partition coefficient (Wildman–Crippen LogP) is 2.34. The number of nitrogens with one attached hydrogen (secondary N) is 1. The van der Waals surface area contributed by atoms with Crippen LogP contribution in [0.2, 0.25) is 0 Å². The van der Waals surface area contributed by atoms with Crippen LogP contribution in [0.4, 0.5) is 4.79 Å². The molecule has 9 heteroatoms. The van der Waals surface area contributed by atoms with E-state index in [9.17, 15) is 14.7 Å². The highest BCUT2D eigenvalue weighted by molar-refractivity contribution is 5.98. The lowest BCUT2D eigenvalue weighted by atomic mass is 9.94. The zero-order valence-electron chi connectivity index (χ0n) is 19.3. The highest BCUT2D eigenvalue weighted by Gasteiger charge is 2.33. The molecule has 2 N–H and O–H groups in total. The summed E-state index contributed by atoms with van der Waals surface area (Å²) in [6.07, 6.45) is 0.0989. The number of ether oxygens (including phenoxy) is 4. The number of amides is 2. The van der Waals surface area contributed by atoms with Gasteiger partial charge in [-0.1, -0.05) is 0 Å². The lowest BCUT2D eigenvalue weighted by Crippen LogP contribution is -2.50. The Morgan fingerprint density at radius 2 is 2.00 bits per heavy atom. The first-order chi connectivity index (χ1) is 15.2. The second-order valence-electron chi connectivity index (χ2n) is 9.21. The second kappa shape index (κ2) is 10.4. The molecular weight excluding hydrogens is 416 g/mol. The van der Waals surface area contributed by atoms with Crippen molar-refractivity contribution in [2.45, 2.75) is 51.9 Å². The van der Waals surface area contributed by atoms with Crippen molar-refractivity contribution in [1.82, 2.24) is 10.2 Å². The first kappa shape index (κ1) is 24.1. The third-order valence-corrected chi connectivity index (χ3v) is 5.36. The maximum absolute atomic E-state index is 13.0. The van der Waals surface area contributed by atoms with E-state index in [1.807, 2.05) is 6.07 Å². The predicted molar refractivity (Wildman–Crippen MR) is 117 cm³/mol. The maximum atomic E-state index is 13.0. The van der Waals surface area contributed by atoms with E-state index in [1.54, 1.807) is 33.9 Å². The van der Waals surface area contributed by atoms with Gasteiger partial charge in [0.05, 0.1) is 38.0 Å². The van der Waals surface area contributed by atoms with Crippen LogP contribution >= 0.6 is 0 Å². The molecule has 1 aromatic rings. The van der Waals surface area contributed by atoms with Gasteiger partial charge < -0.3 is 34.3 Å². The number of hydrogen-bond donors (Lipinski definition) is 2. The number of likely N-dealkylation sites (tertiary alicyclic amines) is 1. The molecule has 1 fully saturated rings. The van der Waals surface area contributed by atoms with Crippen LogP contribution in [-0.4, -0.2) is 73.7 Å². The van der Waals surface area contributed by atoms with E-state index in [2.05, 4.69) is 5.32 Å². The Kier molecular flexibility index (Phi) is 7.84. The SMILES string of the molecule is COCc1cc2c(c(C(=O)NC[C@@H]3CCN(C(=O)OC(C)(C)C)C[C@H]3O)c1)OCCCO2. The van der Waals surface area contributed by atoms with Crippen molar-refractivity contribution in [3.63, 3.8) is 0 Å². The third kappa shape index (κ3) is 6.26. The van der Waals surface area contributed by atoms with Crippen molar-refractivity contribution >= 4 is 12.0 Å². The van der Waals surface area contributed by atoms with Crippen molar-refractivity contribution in [1.29, 1.82) is 0 Å². The van der Waals surface area contributed by atoms with Crippen LogP contribution in [0.25, 0.3) is 0 Å². The molecule has 2 atom stereocenters. The zero-order valence-corrected chi connectivity index (χ0v) is 19.3. The molecule has 32 heavy (non-hydrogen) atoms. The average Bonchev–Trinajstić information content (AvgIpc) is 2.96. The van der Waals surface area contributed by atoms with E-state index < -0.39 is 17.8 Å². The van der Waals surface area contributed by atoms with Gasteiger partial charge in [-0.3, -0.25) is 4.79 Å². The molecule has 1 saturated heterocycles. The second-order valence-corrected chi connectivity index (χ2v) is 9.21. The highest BCUT2D eigenvalue weighted by Crippen LogP contribution is 2.35. The van der Waals surface area contributed by atoms with E-state index in [1.165, 1.54) is 4.90 Å². The number of carbonyl (C=O) groups excluding carboxylic acids is 2. The van der Waals surface area contributed by atoms with Crippen molar-refractivity contribution in [2.75, 3.05) is 40.0 Å². The summed E-state index contributed by atoms with van der Waals surface area (Å²) in [6, 6.07) is 3.57. The lowest BCUT2D eigenvalue weighted by Gasteiger charge is -2.36. The molecule has 2 amide bonds. The van der Waals surface area contributed by atoms with Gasteiger partial charge in [0.15, 0.2) is 11.5 Å². The molecular formula is C23H34N2O7. The molecule has 9 nitrogen and oxygen atoms in total. The van der Waals surface area contributed by atoms with Gasteiger partial charge in [0.2, 0.25) is 0 Å². The monoisotopic (exact) mass is 450 g/mol. The number of benzene rings is 1. The number of piperidine rings is 1. The van der Waals surface area contributed by atoms with Crippen LogP contribution in [0.3, 0.4) is 0 Å². The first-order valence-corrected chi connectivity index (χ1v) is 11.0. The van der Waals surface area contributed by atoms with E-state index >= 15 is 0 Å². The highest BCUT2D eigenvalue weighted by atomic mass is 16.6. The Bertz CT molecular complexity index is 821. The van der Waals surface area contributed by atoms with Crippen molar-refractivity contribution in [3.8, 4) is 11.5 Å². The minimum atomic E-state index is -0.756. The van der Waals surface area contributed by atoms with Gasteiger partial charge in [-0.05, 0) is 44.9 Å². The van der Waals surface area contributed by atoms with Crippen LogP contribution < -0.4 is 14.8 Å². The maximum Gasteiger partial charge on any atom is 0.410 e. The minimum Gasteiger partial charge on any atom is -0.490 e. The normalized spacial score (nSPS) is 21.0. The van der Waals surface area contributed by atoms with E-state index in [0.29, 0.717) is 49.8 Å². The number of aliphatic hydroxyl groups is 1. The van der Waals surface area contributed by atoms with Gasteiger partial charge in [-0.25, -0.2) is 4.79 Å². The van der Waals surface area contributed by atoms with Gasteiger partial charge in [0.25, 0.3) is 5.91 Å². The summed E-state index contributed by atoms with van der Waals surface area (Å²) in [7, 11) is 1.59. The number of hydrogen-bond acceptors (Lipinski definition) is 7. The van der Waals surface area contributed by atoms with E-state index in [-0.39, 0.29) is 24.9 Å². The summed E-state index contributed by atoms with van der Waals surface area (Å²) in [5.41, 5.74) is 0.610. The van der Waals surface area contributed by atoms with Gasteiger partial charge in [0, 0.05) is 32.5 Å². The molecule has 0 saturated carbocycles. The molecule has 3 rings (SSSR count). The molecule has 0 aromatic heterocycles. The van der Waals surface area contributed by atoms with Crippen LogP contribution in [0, 0.1) is 5.92 Å². The number of rotatable bonds is 5. The molecule has 0 unspecified atom stereocenters. The number of methoxy groups -OCH3 is 1. The first-order valence-electron chi connectivity index (χ1n) is 11.0. The van der Waals surface area contributed by atoms with E-state index in [4.69, 9.17) is 18.9 Å². The summed E-state index contributed by atoms with van der Waals surface area (Å²) in [4.78, 5) is 26.8. The van der Waals surface area contributed by atoms with E-state index in [0.717, 1.165) is 12.0 Å². The van der Waals surface area contributed by atoms with Crippen LogP contribution in [0.5, 0.6) is 11.5 Å². The largest absolute Gasteiger partial charge is 0.490 e. The van der Waals surface area contributed by atoms with Crippen molar-refractivity contribution in [3.05, 3.63) is 23.3 Å². The fourth-order valence-electron chi connectivity index (χ4n) is 3.78. The summed E-state index contributed by atoms with van der Waals surface area (Å²) >= 11 is 0. The Balaban J connectivity index is 1.62. The summed E-state index contributed by atoms with van der Waals surface area (Å²) in [6.45, 7) is 7.67. The standard InChI is InChI=1S/C23H34N2O7/c1-23(2,3)32-22(28)25-7-6-16(18(26)13-25)12-24-21(27)17-10-15(14-29-4)11-19-20(17)31-9-5-8-30-19/h10-11,16,18,26H,5-9,12-14H2,1-4H3,(H,24,27)/t16-,18+/m0/s1. The van der Waals surface area contributed by atoms with Gasteiger partial charge in [-0.2, -0.15) is 0 Å². The quantitative estimate of drug-likeness (QED) is 0.709. The lowest BCUT2D eigenvalue weighted by molar-refractivity contribution is -0.0122. The van der Waals surface area contributed by atoms with Crippen molar-refractivity contribution < 1.29 is 33.6 Å². The summed E-state index contributed by atoms with van der Waals surface area (Å²) in [5, 5.41) is 13.5. The van der Waals surface area contributed by atoms with Gasteiger partial charge >= 0.3 is 6.09 Å². The topological polar surface area (TPSA) is 107 Å². The summed E-state index contributed by atoms with van der Waals surface area (Å²) < 4.78 is 22.1. The number of nitrogens with zero attached hydrogens (tertiary/aromatic N) is 1. The van der Waals surface area contributed by atoms with Gasteiger partial charge in [0.1, 0.15) is 5.60 Å². The molecule has 0 aliphatic carbocycles. The minimum absolute atomic E-state index is 0.171. The Morgan fingerprint density at radius 1 is 1.25 bits per heavy atom. The molecule has 2 aliphatic rings. The van der Waals surface area contributed by atoms with Gasteiger partial charge in [-0.15, -0.1) is 0 Å². The Labute approximate surface area is 189 Å². The molecule has 2 aliphatic heterocycles. The Morgan fingerprint density at radius 3 is 2.69 bits per heavy atom. The van der Waals surface area contributed by atoms with Crippen LogP contribution in [0.1, 0.15) is 49.5 Å². The zero-order chi connectivity index (χ0) is 23.3. The fourth-order valence-corrected chi connectivity index (χ4v) is 3.78. The third-order valence-electron chi connectivity index (χ3n) is 5.36. The average molecular weight is 451 g/mol. The molecule has 0 bridgehead atoms. The Hall–Kier alpha value is -2.52. The molecule has 178 valence electrons. The fraction of sp³-hybridized carbons (Fsp3) is 0.652. The summed E-state index contributed by atoms with van der Waals surface area (Å²) in [5.74, 6) is 0.495. The molecule has 0 radical (unpaired) electrons. The molecule has 2 heterocycles. The van der Waals surface area contributed by atoms with Crippen LogP contribution in [-0.2, 0) is 16.1 Å². The van der Waals surface area contributed by atoms with Crippen molar-refractivity contribution in [2.24, 2.45) is 5.92 Å². The smallest absolute Gasteiger partial charge is 0.410 e. The number of fused-ring (bicyclic) bond motifs is 1. The number of β-amino-alcohol motifs (C(OH)–C–C–N with tert-alkyl or cyclic N) is 1. The number of carbonyl (C=O) groups is 2. The number of aliphatic hydroxyl groups excluding tert-OH is 1. The molecule has 0 spiro atoms. The van der Waals surface area contributed by atoms with Crippen LogP contribution in [0.15, 0.2) is 12.1 Å². The molecule has 1 aromatic carbocycles.